The first kappa shape index (κ1) is 17.7. The fourth-order valence-electron chi connectivity index (χ4n) is 4.01. The number of amides is 2. The maximum atomic E-state index is 13.1. The Bertz CT molecular complexity index is 660. The largest absolute Gasteiger partial charge is 0.338 e. The number of hydrogen-bond donors (Lipinski definition) is 0. The van der Waals surface area contributed by atoms with Crippen molar-refractivity contribution in [3.63, 3.8) is 0 Å². The monoisotopic (exact) mass is 340 g/mol. The molecule has 4 heteroatoms. The van der Waals surface area contributed by atoms with Gasteiger partial charge in [-0.1, -0.05) is 45.5 Å². The highest BCUT2D eigenvalue weighted by Gasteiger charge is 2.35. The molecule has 25 heavy (non-hydrogen) atoms. The number of carbonyl (C=O) groups is 2. The summed E-state index contributed by atoms with van der Waals surface area (Å²) in [5, 5.41) is 0. The predicted molar refractivity (Wildman–Crippen MR) is 99.9 cm³/mol. The third kappa shape index (κ3) is 3.35. The standard InChI is InChI=1S/C21H28N2O2/c1-14(2)19-10-9-15(3)11-12-22(19)20(24)13-23-16(4)17-7-5-6-8-18(17)21(23)25/h5-8,14-15,19H,4,9-13H2,1-3H3. The summed E-state index contributed by atoms with van der Waals surface area (Å²) in [4.78, 5) is 29.3. The van der Waals surface area contributed by atoms with E-state index in [1.54, 1.807) is 11.0 Å². The van der Waals surface area contributed by atoms with Gasteiger partial charge >= 0.3 is 0 Å². The van der Waals surface area contributed by atoms with Gasteiger partial charge in [-0.2, -0.15) is 0 Å². The number of likely N-dealkylation sites (tertiary alicyclic amines) is 1. The van der Waals surface area contributed by atoms with Crippen LogP contribution >= 0.6 is 0 Å². The quantitative estimate of drug-likeness (QED) is 0.840. The number of fused-ring (bicyclic) bond motifs is 1. The molecular formula is C21H28N2O2. The average molecular weight is 340 g/mol. The summed E-state index contributed by atoms with van der Waals surface area (Å²) in [6, 6.07) is 7.70. The van der Waals surface area contributed by atoms with Crippen LogP contribution in [0.15, 0.2) is 30.8 Å². The molecule has 0 bridgehead atoms. The van der Waals surface area contributed by atoms with Gasteiger partial charge in [0.15, 0.2) is 0 Å². The summed E-state index contributed by atoms with van der Waals surface area (Å²) >= 11 is 0. The summed E-state index contributed by atoms with van der Waals surface area (Å²) in [7, 11) is 0. The molecule has 3 rings (SSSR count). The van der Waals surface area contributed by atoms with Gasteiger partial charge in [-0.25, -0.2) is 0 Å². The van der Waals surface area contributed by atoms with Crippen molar-refractivity contribution in [1.29, 1.82) is 0 Å². The van der Waals surface area contributed by atoms with Gasteiger partial charge in [0.1, 0.15) is 6.54 Å². The van der Waals surface area contributed by atoms with Crippen molar-refractivity contribution in [2.24, 2.45) is 11.8 Å². The fourth-order valence-corrected chi connectivity index (χ4v) is 4.01. The van der Waals surface area contributed by atoms with Crippen LogP contribution in [0.25, 0.3) is 5.70 Å². The van der Waals surface area contributed by atoms with Crippen LogP contribution in [0.1, 0.15) is 56.0 Å². The molecule has 2 aliphatic heterocycles. The number of nitrogens with zero attached hydrogens (tertiary/aromatic N) is 2. The maximum Gasteiger partial charge on any atom is 0.259 e. The Morgan fingerprint density at radius 1 is 1.20 bits per heavy atom. The van der Waals surface area contributed by atoms with Gasteiger partial charge in [0, 0.05) is 29.4 Å². The van der Waals surface area contributed by atoms with Crippen LogP contribution in [0.3, 0.4) is 0 Å². The Kier molecular flexibility index (Phi) is 4.98. The zero-order chi connectivity index (χ0) is 18.1. The van der Waals surface area contributed by atoms with Gasteiger partial charge in [0.25, 0.3) is 5.91 Å². The molecule has 2 atom stereocenters. The van der Waals surface area contributed by atoms with Gasteiger partial charge in [-0.3, -0.25) is 14.5 Å². The lowest BCUT2D eigenvalue weighted by Gasteiger charge is -2.34. The second-order valence-corrected chi connectivity index (χ2v) is 7.75. The minimum absolute atomic E-state index is 0.0371. The first-order valence-corrected chi connectivity index (χ1v) is 9.29. The maximum absolute atomic E-state index is 13.1. The van der Waals surface area contributed by atoms with Gasteiger partial charge in [0.05, 0.1) is 0 Å². The molecule has 0 radical (unpaired) electrons. The van der Waals surface area contributed by atoms with E-state index in [0.29, 0.717) is 23.1 Å². The summed E-state index contributed by atoms with van der Waals surface area (Å²) < 4.78 is 0. The predicted octanol–water partition coefficient (Wildman–Crippen LogP) is 3.79. The first-order valence-electron chi connectivity index (χ1n) is 9.29. The fraction of sp³-hybridized carbons (Fsp3) is 0.524. The Morgan fingerprint density at radius 3 is 2.52 bits per heavy atom. The first-order chi connectivity index (χ1) is 11.9. The van der Waals surface area contributed by atoms with E-state index in [0.717, 1.165) is 31.4 Å². The van der Waals surface area contributed by atoms with Crippen molar-refractivity contribution in [2.75, 3.05) is 13.1 Å². The van der Waals surface area contributed by atoms with Crippen molar-refractivity contribution in [3.8, 4) is 0 Å². The second-order valence-electron chi connectivity index (χ2n) is 7.75. The smallest absolute Gasteiger partial charge is 0.259 e. The highest BCUT2D eigenvalue weighted by Crippen LogP contribution is 2.32. The summed E-state index contributed by atoms with van der Waals surface area (Å²) in [6.07, 6.45) is 3.23. The molecule has 2 unspecified atom stereocenters. The number of benzene rings is 1. The van der Waals surface area contributed by atoms with Crippen LogP contribution in [0.4, 0.5) is 0 Å². The molecule has 0 aromatic heterocycles. The molecule has 0 saturated carbocycles. The molecule has 1 aromatic rings. The van der Waals surface area contributed by atoms with Crippen LogP contribution in [0.2, 0.25) is 0 Å². The molecule has 1 saturated heterocycles. The van der Waals surface area contributed by atoms with Gasteiger partial charge in [-0.05, 0) is 37.2 Å². The Morgan fingerprint density at radius 2 is 1.88 bits per heavy atom. The van der Waals surface area contributed by atoms with Crippen LogP contribution in [0.5, 0.6) is 0 Å². The van der Waals surface area contributed by atoms with Crippen LogP contribution in [-0.4, -0.2) is 40.7 Å². The third-order valence-corrected chi connectivity index (χ3v) is 5.64. The lowest BCUT2D eigenvalue weighted by Crippen LogP contribution is -2.47. The molecule has 2 amide bonds. The minimum atomic E-state index is -0.113. The Hall–Kier alpha value is -2.10. The third-order valence-electron chi connectivity index (χ3n) is 5.64. The van der Waals surface area contributed by atoms with Gasteiger partial charge in [0.2, 0.25) is 5.91 Å². The zero-order valence-electron chi connectivity index (χ0n) is 15.5. The van der Waals surface area contributed by atoms with E-state index in [-0.39, 0.29) is 24.4 Å². The van der Waals surface area contributed by atoms with Crippen molar-refractivity contribution in [1.82, 2.24) is 9.80 Å². The SMILES string of the molecule is C=C1c2ccccc2C(=O)N1CC(=O)N1CCC(C)CCC1C(C)C. The molecular weight excluding hydrogens is 312 g/mol. The van der Waals surface area contributed by atoms with Crippen molar-refractivity contribution in [3.05, 3.63) is 42.0 Å². The zero-order valence-corrected chi connectivity index (χ0v) is 15.5. The number of rotatable bonds is 3. The molecule has 0 aliphatic carbocycles. The van der Waals surface area contributed by atoms with Crippen LogP contribution in [-0.2, 0) is 4.79 Å². The molecule has 0 N–H and O–H groups in total. The lowest BCUT2D eigenvalue weighted by atomic mass is 9.95. The molecule has 134 valence electrons. The minimum Gasteiger partial charge on any atom is -0.338 e. The molecule has 2 heterocycles. The van der Waals surface area contributed by atoms with Gasteiger partial charge < -0.3 is 4.90 Å². The molecule has 4 nitrogen and oxygen atoms in total. The topological polar surface area (TPSA) is 40.6 Å². The Labute approximate surface area is 150 Å². The van der Waals surface area contributed by atoms with Crippen molar-refractivity contribution >= 4 is 17.5 Å². The Balaban J connectivity index is 1.77. The number of carbonyl (C=O) groups excluding carboxylic acids is 2. The molecule has 0 spiro atoms. The summed E-state index contributed by atoms with van der Waals surface area (Å²) in [6.45, 7) is 11.5. The lowest BCUT2D eigenvalue weighted by molar-refractivity contribution is -0.134. The van der Waals surface area contributed by atoms with E-state index in [1.807, 2.05) is 23.1 Å². The normalized spacial score (nSPS) is 23.8. The van der Waals surface area contributed by atoms with Crippen LogP contribution in [0, 0.1) is 11.8 Å². The van der Waals surface area contributed by atoms with E-state index in [4.69, 9.17) is 0 Å². The van der Waals surface area contributed by atoms with E-state index in [1.165, 1.54) is 0 Å². The van der Waals surface area contributed by atoms with E-state index < -0.39 is 0 Å². The molecule has 1 aromatic carbocycles. The molecule has 1 fully saturated rings. The van der Waals surface area contributed by atoms with Crippen LogP contribution < -0.4 is 0 Å². The second kappa shape index (κ2) is 7.03. The summed E-state index contributed by atoms with van der Waals surface area (Å²) in [5.41, 5.74) is 2.12. The highest BCUT2D eigenvalue weighted by atomic mass is 16.2. The van der Waals surface area contributed by atoms with Crippen molar-refractivity contribution in [2.45, 2.75) is 46.1 Å². The highest BCUT2D eigenvalue weighted by molar-refractivity contribution is 6.10. The molecule has 2 aliphatic rings. The van der Waals surface area contributed by atoms with E-state index >= 15 is 0 Å². The van der Waals surface area contributed by atoms with E-state index in [9.17, 15) is 9.59 Å². The van der Waals surface area contributed by atoms with E-state index in [2.05, 4.69) is 27.4 Å². The summed E-state index contributed by atoms with van der Waals surface area (Å²) in [5.74, 6) is 0.990. The average Bonchev–Trinajstić information content (AvgIpc) is 2.74. The van der Waals surface area contributed by atoms with Gasteiger partial charge in [-0.15, -0.1) is 0 Å². The number of hydrogen-bond acceptors (Lipinski definition) is 2. The van der Waals surface area contributed by atoms with Crippen molar-refractivity contribution < 1.29 is 9.59 Å².